The van der Waals surface area contributed by atoms with E-state index in [1.807, 2.05) is 12.1 Å². The van der Waals surface area contributed by atoms with Gasteiger partial charge in [-0.2, -0.15) is 0 Å². The Bertz CT molecular complexity index is 576. The SMILES string of the molecule is COc1cc2nc(CN)n(CC(C)C)c2cc1OC. The van der Waals surface area contributed by atoms with Crippen LogP contribution in [-0.2, 0) is 13.1 Å². The fraction of sp³-hybridized carbons (Fsp3) is 0.500. The highest BCUT2D eigenvalue weighted by molar-refractivity contribution is 5.80. The molecule has 1 heterocycles. The molecule has 0 aliphatic rings. The lowest BCUT2D eigenvalue weighted by Gasteiger charge is -2.12. The molecule has 2 rings (SSSR count). The topological polar surface area (TPSA) is 62.3 Å². The van der Waals surface area contributed by atoms with Gasteiger partial charge in [-0.05, 0) is 5.92 Å². The highest BCUT2D eigenvalue weighted by Crippen LogP contribution is 2.32. The van der Waals surface area contributed by atoms with Crippen molar-refractivity contribution < 1.29 is 9.47 Å². The summed E-state index contributed by atoms with van der Waals surface area (Å²) in [5.41, 5.74) is 7.71. The zero-order valence-corrected chi connectivity index (χ0v) is 11.9. The molecule has 104 valence electrons. The number of hydrogen-bond donors (Lipinski definition) is 1. The highest BCUT2D eigenvalue weighted by Gasteiger charge is 2.14. The van der Waals surface area contributed by atoms with Gasteiger partial charge in [-0.1, -0.05) is 13.8 Å². The van der Waals surface area contributed by atoms with Crippen molar-refractivity contribution in [2.45, 2.75) is 26.9 Å². The molecule has 0 saturated carbocycles. The summed E-state index contributed by atoms with van der Waals surface area (Å²) in [6, 6.07) is 3.85. The molecule has 1 aromatic carbocycles. The molecule has 0 fully saturated rings. The summed E-state index contributed by atoms with van der Waals surface area (Å²) >= 11 is 0. The van der Waals surface area contributed by atoms with Crippen LogP contribution < -0.4 is 15.2 Å². The number of imidazole rings is 1. The summed E-state index contributed by atoms with van der Waals surface area (Å²) in [7, 11) is 3.26. The van der Waals surface area contributed by atoms with E-state index in [-0.39, 0.29) is 0 Å². The Hall–Kier alpha value is -1.75. The standard InChI is InChI=1S/C14H21N3O2/c1-9(2)8-17-11-6-13(19-4)12(18-3)5-10(11)16-14(17)7-15/h5-6,9H,7-8,15H2,1-4H3. The Balaban J connectivity index is 2.64. The minimum absolute atomic E-state index is 0.423. The van der Waals surface area contributed by atoms with Gasteiger partial charge in [0.1, 0.15) is 5.82 Å². The van der Waals surface area contributed by atoms with Crippen molar-refractivity contribution in [3.8, 4) is 11.5 Å². The maximum Gasteiger partial charge on any atom is 0.163 e. The monoisotopic (exact) mass is 263 g/mol. The van der Waals surface area contributed by atoms with Crippen LogP contribution in [-0.4, -0.2) is 23.8 Å². The summed E-state index contributed by atoms with van der Waals surface area (Å²) in [6.07, 6.45) is 0. The Morgan fingerprint density at radius 1 is 1.21 bits per heavy atom. The number of aromatic nitrogens is 2. The molecule has 0 unspecified atom stereocenters. The van der Waals surface area contributed by atoms with E-state index < -0.39 is 0 Å². The third kappa shape index (κ3) is 2.51. The van der Waals surface area contributed by atoms with E-state index in [1.165, 1.54) is 0 Å². The summed E-state index contributed by atoms with van der Waals surface area (Å²) in [5, 5.41) is 0. The molecule has 2 aromatic rings. The summed E-state index contributed by atoms with van der Waals surface area (Å²) in [5.74, 6) is 2.81. The number of ether oxygens (including phenoxy) is 2. The van der Waals surface area contributed by atoms with Crippen LogP contribution in [0.25, 0.3) is 11.0 Å². The number of nitrogens with zero attached hydrogens (tertiary/aromatic N) is 2. The van der Waals surface area contributed by atoms with Gasteiger partial charge in [-0.3, -0.25) is 0 Å². The summed E-state index contributed by atoms with van der Waals surface area (Å²) < 4.78 is 12.8. The van der Waals surface area contributed by atoms with Gasteiger partial charge in [0.2, 0.25) is 0 Å². The van der Waals surface area contributed by atoms with Gasteiger partial charge in [-0.15, -0.1) is 0 Å². The number of nitrogens with two attached hydrogens (primary N) is 1. The minimum atomic E-state index is 0.423. The van der Waals surface area contributed by atoms with Crippen molar-refractivity contribution >= 4 is 11.0 Å². The lowest BCUT2D eigenvalue weighted by molar-refractivity contribution is 0.355. The van der Waals surface area contributed by atoms with E-state index in [1.54, 1.807) is 14.2 Å². The molecule has 5 nitrogen and oxygen atoms in total. The average Bonchev–Trinajstić information content (AvgIpc) is 2.73. The van der Waals surface area contributed by atoms with Crippen LogP contribution in [0, 0.1) is 5.92 Å². The molecular weight excluding hydrogens is 242 g/mol. The number of rotatable bonds is 5. The van der Waals surface area contributed by atoms with E-state index in [4.69, 9.17) is 15.2 Å². The van der Waals surface area contributed by atoms with Crippen molar-refractivity contribution in [3.63, 3.8) is 0 Å². The summed E-state index contributed by atoms with van der Waals surface area (Å²) in [4.78, 5) is 4.57. The molecule has 0 aliphatic carbocycles. The first kappa shape index (κ1) is 13.7. The minimum Gasteiger partial charge on any atom is -0.493 e. The number of benzene rings is 1. The zero-order chi connectivity index (χ0) is 14.0. The predicted octanol–water partition coefficient (Wildman–Crippen LogP) is 2.17. The average molecular weight is 263 g/mol. The molecule has 19 heavy (non-hydrogen) atoms. The molecule has 0 spiro atoms. The highest BCUT2D eigenvalue weighted by atomic mass is 16.5. The van der Waals surface area contributed by atoms with E-state index in [0.717, 1.165) is 23.4 Å². The lowest BCUT2D eigenvalue weighted by atomic mass is 10.2. The number of methoxy groups -OCH3 is 2. The van der Waals surface area contributed by atoms with Crippen LogP contribution in [0.2, 0.25) is 0 Å². The second-order valence-electron chi connectivity index (χ2n) is 4.93. The van der Waals surface area contributed by atoms with Crippen LogP contribution >= 0.6 is 0 Å². The fourth-order valence-electron chi connectivity index (χ4n) is 2.23. The molecule has 0 radical (unpaired) electrons. The van der Waals surface area contributed by atoms with E-state index in [2.05, 4.69) is 23.4 Å². The Morgan fingerprint density at radius 2 is 1.84 bits per heavy atom. The number of hydrogen-bond acceptors (Lipinski definition) is 4. The van der Waals surface area contributed by atoms with Gasteiger partial charge >= 0.3 is 0 Å². The number of fused-ring (bicyclic) bond motifs is 1. The molecule has 2 N–H and O–H groups in total. The Kier molecular flexibility index (Phi) is 3.95. The van der Waals surface area contributed by atoms with Crippen LogP contribution in [0.15, 0.2) is 12.1 Å². The molecular formula is C14H21N3O2. The summed E-state index contributed by atoms with van der Waals surface area (Å²) in [6.45, 7) is 5.66. The fourth-order valence-corrected chi connectivity index (χ4v) is 2.23. The smallest absolute Gasteiger partial charge is 0.163 e. The molecule has 0 aliphatic heterocycles. The van der Waals surface area contributed by atoms with Crippen LogP contribution in [0.4, 0.5) is 0 Å². The van der Waals surface area contributed by atoms with Crippen molar-refractivity contribution in [2.24, 2.45) is 11.7 Å². The molecule has 0 atom stereocenters. The second kappa shape index (κ2) is 5.48. The molecule has 0 bridgehead atoms. The van der Waals surface area contributed by atoms with Crippen LogP contribution in [0.1, 0.15) is 19.7 Å². The van der Waals surface area contributed by atoms with Gasteiger partial charge in [0.25, 0.3) is 0 Å². The maximum atomic E-state index is 5.79. The Labute approximate surface area is 113 Å². The molecule has 1 aromatic heterocycles. The van der Waals surface area contributed by atoms with Gasteiger partial charge in [0, 0.05) is 18.7 Å². The largest absolute Gasteiger partial charge is 0.493 e. The first-order chi connectivity index (χ1) is 9.10. The zero-order valence-electron chi connectivity index (χ0n) is 11.9. The first-order valence-corrected chi connectivity index (χ1v) is 6.41. The van der Waals surface area contributed by atoms with Crippen molar-refractivity contribution in [2.75, 3.05) is 14.2 Å². The lowest BCUT2D eigenvalue weighted by Crippen LogP contribution is -2.11. The molecule has 0 amide bonds. The van der Waals surface area contributed by atoms with Gasteiger partial charge in [0.05, 0.1) is 31.8 Å². The normalized spacial score (nSPS) is 11.3. The van der Waals surface area contributed by atoms with Crippen LogP contribution in [0.5, 0.6) is 11.5 Å². The van der Waals surface area contributed by atoms with E-state index >= 15 is 0 Å². The quantitative estimate of drug-likeness (QED) is 0.898. The van der Waals surface area contributed by atoms with Crippen molar-refractivity contribution in [3.05, 3.63) is 18.0 Å². The second-order valence-corrected chi connectivity index (χ2v) is 4.93. The van der Waals surface area contributed by atoms with E-state index in [9.17, 15) is 0 Å². The van der Waals surface area contributed by atoms with Crippen molar-refractivity contribution in [1.82, 2.24) is 9.55 Å². The predicted molar refractivity (Wildman–Crippen MR) is 75.6 cm³/mol. The third-order valence-corrected chi connectivity index (χ3v) is 3.06. The van der Waals surface area contributed by atoms with Crippen molar-refractivity contribution in [1.29, 1.82) is 0 Å². The molecule has 0 saturated heterocycles. The van der Waals surface area contributed by atoms with E-state index in [0.29, 0.717) is 24.0 Å². The molecule has 5 heteroatoms. The van der Waals surface area contributed by atoms with Gasteiger partial charge in [-0.25, -0.2) is 4.98 Å². The Morgan fingerprint density at radius 3 is 2.37 bits per heavy atom. The van der Waals surface area contributed by atoms with Gasteiger partial charge < -0.3 is 19.8 Å². The third-order valence-electron chi connectivity index (χ3n) is 3.06. The van der Waals surface area contributed by atoms with Gasteiger partial charge in [0.15, 0.2) is 11.5 Å². The maximum absolute atomic E-state index is 5.79. The first-order valence-electron chi connectivity index (χ1n) is 6.41. The van der Waals surface area contributed by atoms with Crippen LogP contribution in [0.3, 0.4) is 0 Å².